The van der Waals surface area contributed by atoms with Crippen LogP contribution in [0.1, 0.15) is 5.56 Å². The van der Waals surface area contributed by atoms with Gasteiger partial charge in [-0.3, -0.25) is 0 Å². The van der Waals surface area contributed by atoms with E-state index in [9.17, 15) is 0 Å². The molecular formula is C15H17BrN2O. The van der Waals surface area contributed by atoms with Crippen LogP contribution in [-0.4, -0.2) is 14.2 Å². The van der Waals surface area contributed by atoms with Crippen molar-refractivity contribution in [3.05, 3.63) is 52.5 Å². The molecule has 0 aliphatic heterocycles. The first-order valence-corrected chi connectivity index (χ1v) is 6.79. The third kappa shape index (κ3) is 3.20. The molecule has 0 aliphatic carbocycles. The van der Waals surface area contributed by atoms with Crippen molar-refractivity contribution in [3.63, 3.8) is 0 Å². The largest absolute Gasteiger partial charge is 0.495 e. The number of ether oxygens (including phenoxy) is 1. The fourth-order valence-electron chi connectivity index (χ4n) is 1.98. The van der Waals surface area contributed by atoms with Gasteiger partial charge in [-0.1, -0.05) is 34.1 Å². The summed E-state index contributed by atoms with van der Waals surface area (Å²) in [6.45, 7) is 0.779. The molecule has 3 nitrogen and oxygen atoms in total. The van der Waals surface area contributed by atoms with Crippen molar-refractivity contribution in [1.29, 1.82) is 0 Å². The predicted molar refractivity (Wildman–Crippen MR) is 83.7 cm³/mol. The van der Waals surface area contributed by atoms with Gasteiger partial charge >= 0.3 is 0 Å². The summed E-state index contributed by atoms with van der Waals surface area (Å²) in [4.78, 5) is 2.15. The molecule has 0 saturated carbocycles. The second kappa shape index (κ2) is 5.97. The fraction of sp³-hybridized carbons (Fsp3) is 0.200. The first kappa shape index (κ1) is 13.7. The number of nitrogens with zero attached hydrogens (tertiary/aromatic N) is 1. The number of para-hydroxylation sites is 2. The molecule has 0 spiro atoms. The molecule has 0 heterocycles. The van der Waals surface area contributed by atoms with Gasteiger partial charge in [-0.2, -0.15) is 0 Å². The van der Waals surface area contributed by atoms with Crippen LogP contribution in [0.5, 0.6) is 5.75 Å². The molecule has 0 aromatic heterocycles. The van der Waals surface area contributed by atoms with Gasteiger partial charge in [-0.15, -0.1) is 0 Å². The van der Waals surface area contributed by atoms with Crippen molar-refractivity contribution in [2.24, 2.45) is 0 Å². The normalized spacial score (nSPS) is 10.3. The Morgan fingerprint density at radius 2 is 1.95 bits per heavy atom. The van der Waals surface area contributed by atoms with Crippen molar-refractivity contribution in [1.82, 2.24) is 0 Å². The summed E-state index contributed by atoms with van der Waals surface area (Å²) in [5, 5.41) is 0. The number of anilines is 2. The van der Waals surface area contributed by atoms with Crippen LogP contribution >= 0.6 is 15.9 Å². The number of hydrogen-bond donors (Lipinski definition) is 1. The van der Waals surface area contributed by atoms with E-state index in [1.165, 1.54) is 5.56 Å². The Labute approximate surface area is 122 Å². The smallest absolute Gasteiger partial charge is 0.142 e. The Hall–Kier alpha value is -1.68. The monoisotopic (exact) mass is 320 g/mol. The van der Waals surface area contributed by atoms with Gasteiger partial charge < -0.3 is 15.4 Å². The number of halogens is 1. The van der Waals surface area contributed by atoms with E-state index in [1.54, 1.807) is 7.11 Å². The number of methoxy groups -OCH3 is 1. The van der Waals surface area contributed by atoms with Crippen molar-refractivity contribution in [2.75, 3.05) is 24.8 Å². The number of nitrogens with two attached hydrogens (primary N) is 1. The van der Waals surface area contributed by atoms with E-state index in [1.807, 2.05) is 49.5 Å². The highest BCUT2D eigenvalue weighted by Gasteiger charge is 2.09. The summed E-state index contributed by atoms with van der Waals surface area (Å²) in [6.07, 6.45) is 0. The van der Waals surface area contributed by atoms with E-state index in [0.29, 0.717) is 0 Å². The lowest BCUT2D eigenvalue weighted by atomic mass is 10.2. The summed E-state index contributed by atoms with van der Waals surface area (Å²) in [5.41, 5.74) is 8.76. The predicted octanol–water partition coefficient (Wildman–Crippen LogP) is 3.68. The Balaban J connectivity index is 2.23. The highest BCUT2D eigenvalue weighted by molar-refractivity contribution is 9.10. The summed E-state index contributed by atoms with van der Waals surface area (Å²) in [7, 11) is 3.73. The molecule has 0 aliphatic rings. The molecule has 2 N–H and O–H groups in total. The molecule has 4 heteroatoms. The maximum atomic E-state index is 5.75. The Bertz CT molecular complexity index is 572. The third-order valence-corrected chi connectivity index (χ3v) is 3.72. The average molecular weight is 321 g/mol. The zero-order chi connectivity index (χ0) is 13.8. The van der Waals surface area contributed by atoms with Gasteiger partial charge in [0.05, 0.1) is 12.8 Å². The van der Waals surface area contributed by atoms with Crippen LogP contribution in [0.2, 0.25) is 0 Å². The molecule has 2 aromatic rings. The molecule has 100 valence electrons. The van der Waals surface area contributed by atoms with Crippen LogP contribution in [0.4, 0.5) is 11.4 Å². The lowest BCUT2D eigenvalue weighted by Crippen LogP contribution is -2.17. The van der Waals surface area contributed by atoms with E-state index in [2.05, 4.69) is 20.8 Å². The lowest BCUT2D eigenvalue weighted by molar-refractivity contribution is 0.415. The topological polar surface area (TPSA) is 38.5 Å². The maximum Gasteiger partial charge on any atom is 0.142 e. The van der Waals surface area contributed by atoms with Gasteiger partial charge in [0.25, 0.3) is 0 Å². The molecule has 0 radical (unpaired) electrons. The van der Waals surface area contributed by atoms with Gasteiger partial charge in [0.1, 0.15) is 5.75 Å². The second-order valence-corrected chi connectivity index (χ2v) is 5.23. The average Bonchev–Trinajstić information content (AvgIpc) is 2.41. The van der Waals surface area contributed by atoms with Crippen molar-refractivity contribution < 1.29 is 4.74 Å². The summed E-state index contributed by atoms with van der Waals surface area (Å²) >= 11 is 3.55. The number of rotatable bonds is 4. The molecule has 0 amide bonds. The van der Waals surface area contributed by atoms with Crippen molar-refractivity contribution in [3.8, 4) is 5.75 Å². The van der Waals surface area contributed by atoms with Crippen LogP contribution < -0.4 is 15.4 Å². The second-order valence-electron chi connectivity index (χ2n) is 4.38. The highest BCUT2D eigenvalue weighted by atomic mass is 79.9. The van der Waals surface area contributed by atoms with Crippen molar-refractivity contribution in [2.45, 2.75) is 6.54 Å². The lowest BCUT2D eigenvalue weighted by Gasteiger charge is -2.22. The summed E-state index contributed by atoms with van der Waals surface area (Å²) in [6, 6.07) is 13.8. The molecule has 0 unspecified atom stereocenters. The first-order chi connectivity index (χ1) is 9.11. The quantitative estimate of drug-likeness (QED) is 0.873. The fourth-order valence-corrected chi connectivity index (χ4v) is 2.50. The Kier molecular flexibility index (Phi) is 4.32. The summed E-state index contributed by atoms with van der Waals surface area (Å²) in [5.74, 6) is 0.872. The van der Waals surface area contributed by atoms with Crippen LogP contribution in [0.3, 0.4) is 0 Å². The molecule has 0 fully saturated rings. The molecule has 2 rings (SSSR count). The highest BCUT2D eigenvalue weighted by Crippen LogP contribution is 2.29. The molecule has 19 heavy (non-hydrogen) atoms. The molecule has 2 aromatic carbocycles. The minimum Gasteiger partial charge on any atom is -0.495 e. The van der Waals surface area contributed by atoms with Crippen LogP contribution in [0.15, 0.2) is 46.9 Å². The van der Waals surface area contributed by atoms with E-state index >= 15 is 0 Å². The van der Waals surface area contributed by atoms with Gasteiger partial charge in [-0.25, -0.2) is 0 Å². The SMILES string of the molecule is COc1ccccc1N(C)Cc1ccc(N)cc1Br. The Morgan fingerprint density at radius 3 is 2.63 bits per heavy atom. The van der Waals surface area contributed by atoms with Crippen molar-refractivity contribution >= 4 is 27.3 Å². The summed E-state index contributed by atoms with van der Waals surface area (Å²) < 4.78 is 6.40. The maximum absolute atomic E-state index is 5.75. The number of nitrogen functional groups attached to an aromatic ring is 1. The molecule has 0 bridgehead atoms. The van der Waals surface area contributed by atoms with Crippen LogP contribution in [0, 0.1) is 0 Å². The van der Waals surface area contributed by atoms with E-state index < -0.39 is 0 Å². The van der Waals surface area contributed by atoms with Gasteiger partial charge in [0.2, 0.25) is 0 Å². The molecule has 0 saturated heterocycles. The number of benzene rings is 2. The van der Waals surface area contributed by atoms with Gasteiger partial charge in [0.15, 0.2) is 0 Å². The molecular weight excluding hydrogens is 304 g/mol. The number of hydrogen-bond acceptors (Lipinski definition) is 3. The van der Waals surface area contributed by atoms with E-state index in [-0.39, 0.29) is 0 Å². The van der Waals surface area contributed by atoms with E-state index in [0.717, 1.165) is 28.1 Å². The standard InChI is InChI=1S/C15H17BrN2O/c1-18(14-5-3-4-6-15(14)19-2)10-11-7-8-12(17)9-13(11)16/h3-9H,10,17H2,1-2H3. The minimum absolute atomic E-state index is 0.760. The van der Waals surface area contributed by atoms with E-state index in [4.69, 9.17) is 10.5 Å². The zero-order valence-corrected chi connectivity index (χ0v) is 12.6. The van der Waals surface area contributed by atoms with Crippen LogP contribution in [-0.2, 0) is 6.54 Å². The molecule has 0 atom stereocenters. The third-order valence-electron chi connectivity index (χ3n) is 2.98. The zero-order valence-electron chi connectivity index (χ0n) is 11.1. The Morgan fingerprint density at radius 1 is 1.21 bits per heavy atom. The minimum atomic E-state index is 0.760. The first-order valence-electron chi connectivity index (χ1n) is 6.00. The van der Waals surface area contributed by atoms with Gasteiger partial charge in [-0.05, 0) is 29.8 Å². The van der Waals surface area contributed by atoms with Crippen LogP contribution in [0.25, 0.3) is 0 Å². The van der Waals surface area contributed by atoms with Gasteiger partial charge in [0, 0.05) is 23.8 Å².